The summed E-state index contributed by atoms with van der Waals surface area (Å²) < 4.78 is 2.95. The number of para-hydroxylation sites is 1. The van der Waals surface area contributed by atoms with Gasteiger partial charge in [0.05, 0.1) is 5.75 Å². The van der Waals surface area contributed by atoms with Crippen molar-refractivity contribution in [2.45, 2.75) is 12.1 Å². The van der Waals surface area contributed by atoms with Crippen LogP contribution in [-0.2, 0) is 4.79 Å². The Balaban J connectivity index is 1.57. The van der Waals surface area contributed by atoms with Crippen LogP contribution < -0.4 is 5.32 Å². The van der Waals surface area contributed by atoms with Gasteiger partial charge in [0.2, 0.25) is 5.91 Å². The quantitative estimate of drug-likeness (QED) is 0.304. The number of hydrogen-bond donors (Lipinski definition) is 1. The molecule has 0 radical (unpaired) electrons. The number of nitrogens with zero attached hydrogens (tertiary/aromatic N) is 3. The molecule has 0 aliphatic rings. The van der Waals surface area contributed by atoms with Gasteiger partial charge in [0.1, 0.15) is 0 Å². The molecule has 0 unspecified atom stereocenters. The highest BCUT2D eigenvalue weighted by atomic mass is 79.9. The van der Waals surface area contributed by atoms with Crippen LogP contribution in [0.5, 0.6) is 0 Å². The van der Waals surface area contributed by atoms with Crippen LogP contribution >= 0.6 is 39.3 Å². The normalized spacial score (nSPS) is 10.8. The van der Waals surface area contributed by atoms with E-state index in [1.54, 1.807) is 6.07 Å². The number of benzene rings is 3. The predicted octanol–water partition coefficient (Wildman–Crippen LogP) is 6.39. The number of rotatable bonds is 6. The fourth-order valence-electron chi connectivity index (χ4n) is 2.96. The molecule has 1 amide bonds. The summed E-state index contributed by atoms with van der Waals surface area (Å²) >= 11 is 10.9. The van der Waals surface area contributed by atoms with Gasteiger partial charge in [-0.05, 0) is 48.9 Å². The van der Waals surface area contributed by atoms with Crippen molar-refractivity contribution in [2.24, 2.45) is 0 Å². The Labute approximate surface area is 198 Å². The molecule has 0 saturated heterocycles. The third kappa shape index (κ3) is 5.18. The van der Waals surface area contributed by atoms with E-state index in [0.717, 1.165) is 21.3 Å². The molecule has 0 aliphatic carbocycles. The van der Waals surface area contributed by atoms with Crippen molar-refractivity contribution in [3.63, 3.8) is 0 Å². The fraction of sp³-hybridized carbons (Fsp3) is 0.0870. The summed E-state index contributed by atoms with van der Waals surface area (Å²) in [5, 5.41) is 12.9. The molecule has 0 spiro atoms. The second-order valence-electron chi connectivity index (χ2n) is 6.78. The van der Waals surface area contributed by atoms with Crippen LogP contribution in [0.25, 0.3) is 17.1 Å². The summed E-state index contributed by atoms with van der Waals surface area (Å²) in [6, 6.07) is 23.2. The monoisotopic (exact) mass is 512 g/mol. The molecule has 0 fully saturated rings. The van der Waals surface area contributed by atoms with Crippen LogP contribution in [-0.4, -0.2) is 26.4 Å². The molecule has 1 heterocycles. The number of aromatic nitrogens is 3. The third-order valence-corrected chi connectivity index (χ3v) is 6.40. The van der Waals surface area contributed by atoms with E-state index >= 15 is 0 Å². The first kappa shape index (κ1) is 21.6. The molecule has 0 aliphatic heterocycles. The lowest BCUT2D eigenvalue weighted by Crippen LogP contribution is -2.14. The maximum Gasteiger partial charge on any atom is 0.234 e. The minimum atomic E-state index is -0.141. The van der Waals surface area contributed by atoms with Crippen LogP contribution in [0.2, 0.25) is 5.02 Å². The molecule has 4 aromatic rings. The van der Waals surface area contributed by atoms with Gasteiger partial charge in [0, 0.05) is 26.4 Å². The molecule has 3 aromatic carbocycles. The average molecular weight is 514 g/mol. The van der Waals surface area contributed by atoms with Crippen LogP contribution in [0, 0.1) is 6.92 Å². The number of amides is 1. The van der Waals surface area contributed by atoms with E-state index in [2.05, 4.69) is 31.4 Å². The molecule has 0 saturated carbocycles. The van der Waals surface area contributed by atoms with Crippen molar-refractivity contribution in [2.75, 3.05) is 11.1 Å². The summed E-state index contributed by atoms with van der Waals surface area (Å²) in [7, 11) is 0. The number of carbonyl (C=O) groups is 1. The van der Waals surface area contributed by atoms with Crippen molar-refractivity contribution < 1.29 is 4.79 Å². The first-order valence-electron chi connectivity index (χ1n) is 9.47. The SMILES string of the molecule is Cc1ccc(NC(=O)CSc2nnc(-c3ccc(Br)cc3)n2-c2ccccc2)cc1Cl. The van der Waals surface area contributed by atoms with Gasteiger partial charge < -0.3 is 5.32 Å². The topological polar surface area (TPSA) is 59.8 Å². The zero-order chi connectivity index (χ0) is 21.8. The first-order chi connectivity index (χ1) is 15.0. The second-order valence-corrected chi connectivity index (χ2v) is 9.05. The van der Waals surface area contributed by atoms with E-state index in [-0.39, 0.29) is 11.7 Å². The largest absolute Gasteiger partial charge is 0.325 e. The zero-order valence-electron chi connectivity index (χ0n) is 16.5. The lowest BCUT2D eigenvalue weighted by atomic mass is 10.2. The smallest absolute Gasteiger partial charge is 0.234 e. The van der Waals surface area contributed by atoms with Crippen molar-refractivity contribution in [1.82, 2.24) is 14.8 Å². The molecule has 31 heavy (non-hydrogen) atoms. The lowest BCUT2D eigenvalue weighted by Gasteiger charge is -2.11. The predicted molar refractivity (Wildman–Crippen MR) is 130 cm³/mol. The molecule has 0 atom stereocenters. The number of aryl methyl sites for hydroxylation is 1. The molecule has 4 rings (SSSR count). The lowest BCUT2D eigenvalue weighted by molar-refractivity contribution is -0.113. The Morgan fingerprint density at radius 1 is 1.06 bits per heavy atom. The van der Waals surface area contributed by atoms with Crippen molar-refractivity contribution >= 4 is 50.9 Å². The first-order valence-corrected chi connectivity index (χ1v) is 11.6. The molecular formula is C23H18BrClN4OS. The molecule has 5 nitrogen and oxygen atoms in total. The van der Waals surface area contributed by atoms with E-state index in [1.807, 2.05) is 78.2 Å². The van der Waals surface area contributed by atoms with E-state index in [4.69, 9.17) is 11.6 Å². The third-order valence-electron chi connectivity index (χ3n) is 4.54. The number of halogens is 2. The number of nitrogens with one attached hydrogen (secondary N) is 1. The van der Waals surface area contributed by atoms with Gasteiger partial charge >= 0.3 is 0 Å². The number of thioether (sulfide) groups is 1. The second kappa shape index (κ2) is 9.68. The summed E-state index contributed by atoms with van der Waals surface area (Å²) in [6.07, 6.45) is 0. The van der Waals surface area contributed by atoms with Crippen LogP contribution in [0.3, 0.4) is 0 Å². The molecule has 1 aromatic heterocycles. The van der Waals surface area contributed by atoms with Gasteiger partial charge in [0.15, 0.2) is 11.0 Å². The fourth-order valence-corrected chi connectivity index (χ4v) is 4.15. The number of hydrogen-bond acceptors (Lipinski definition) is 4. The van der Waals surface area contributed by atoms with Crippen molar-refractivity contribution in [1.29, 1.82) is 0 Å². The van der Waals surface area contributed by atoms with Crippen LogP contribution in [0.15, 0.2) is 82.4 Å². The highest BCUT2D eigenvalue weighted by Crippen LogP contribution is 2.29. The Kier molecular flexibility index (Phi) is 6.75. The van der Waals surface area contributed by atoms with Gasteiger partial charge in [-0.25, -0.2) is 0 Å². The van der Waals surface area contributed by atoms with E-state index in [0.29, 0.717) is 21.7 Å². The maximum atomic E-state index is 12.5. The van der Waals surface area contributed by atoms with Gasteiger partial charge in [-0.1, -0.05) is 75.7 Å². The van der Waals surface area contributed by atoms with E-state index in [9.17, 15) is 4.79 Å². The zero-order valence-corrected chi connectivity index (χ0v) is 19.7. The molecule has 0 bridgehead atoms. The Morgan fingerprint density at radius 2 is 1.81 bits per heavy atom. The Bertz CT molecular complexity index is 1210. The van der Waals surface area contributed by atoms with Gasteiger partial charge in [-0.2, -0.15) is 0 Å². The maximum absolute atomic E-state index is 12.5. The van der Waals surface area contributed by atoms with Gasteiger partial charge in [-0.3, -0.25) is 9.36 Å². The molecule has 156 valence electrons. The average Bonchev–Trinajstić information content (AvgIpc) is 3.20. The molecule has 8 heteroatoms. The van der Waals surface area contributed by atoms with Crippen LogP contribution in [0.1, 0.15) is 5.56 Å². The highest BCUT2D eigenvalue weighted by molar-refractivity contribution is 9.10. The van der Waals surface area contributed by atoms with E-state index < -0.39 is 0 Å². The summed E-state index contributed by atoms with van der Waals surface area (Å²) in [4.78, 5) is 12.5. The van der Waals surface area contributed by atoms with E-state index in [1.165, 1.54) is 11.8 Å². The van der Waals surface area contributed by atoms with Crippen molar-refractivity contribution in [3.05, 3.63) is 87.9 Å². The van der Waals surface area contributed by atoms with Crippen molar-refractivity contribution in [3.8, 4) is 17.1 Å². The Hall–Kier alpha value is -2.61. The summed E-state index contributed by atoms with van der Waals surface area (Å²) in [5.41, 5.74) is 3.50. The standard InChI is InChI=1S/C23H18BrClN4OS/c1-15-7-12-18(13-20(15)25)26-21(30)14-31-23-28-27-22(16-8-10-17(24)11-9-16)29(23)19-5-3-2-4-6-19/h2-13H,14H2,1H3,(H,26,30). The minimum absolute atomic E-state index is 0.141. The van der Waals surface area contributed by atoms with Gasteiger partial charge in [-0.15, -0.1) is 10.2 Å². The molecular weight excluding hydrogens is 496 g/mol. The van der Waals surface area contributed by atoms with Crippen LogP contribution in [0.4, 0.5) is 5.69 Å². The number of anilines is 1. The highest BCUT2D eigenvalue weighted by Gasteiger charge is 2.17. The number of carbonyl (C=O) groups excluding carboxylic acids is 1. The minimum Gasteiger partial charge on any atom is -0.325 e. The summed E-state index contributed by atoms with van der Waals surface area (Å²) in [5.74, 6) is 0.765. The van der Waals surface area contributed by atoms with Gasteiger partial charge in [0.25, 0.3) is 0 Å². The molecule has 1 N–H and O–H groups in total. The Morgan fingerprint density at radius 3 is 2.52 bits per heavy atom. The summed E-state index contributed by atoms with van der Waals surface area (Å²) in [6.45, 7) is 1.92.